The van der Waals surface area contributed by atoms with Gasteiger partial charge in [-0.15, -0.1) is 10.2 Å². The summed E-state index contributed by atoms with van der Waals surface area (Å²) in [6, 6.07) is 9.86. The third-order valence-corrected chi connectivity index (χ3v) is 3.58. The molecular weight excluding hydrogens is 240 g/mol. The van der Waals surface area contributed by atoms with Crippen LogP contribution in [-0.4, -0.2) is 32.6 Å². The summed E-state index contributed by atoms with van der Waals surface area (Å²) in [5, 5.41) is 8.53. The number of hydrogen-bond acceptors (Lipinski definition) is 3. The number of aromatic nitrogens is 3. The number of carbonyl (C=O) groups excluding carboxylic acids is 1. The Balaban J connectivity index is 2.10. The van der Waals surface area contributed by atoms with Crippen LogP contribution in [0, 0.1) is 0 Å². The van der Waals surface area contributed by atoms with Gasteiger partial charge in [-0.05, 0) is 5.56 Å². The van der Waals surface area contributed by atoms with Gasteiger partial charge in [-0.3, -0.25) is 4.79 Å². The predicted octanol–water partition coefficient (Wildman–Crippen LogP) is 1.40. The highest BCUT2D eigenvalue weighted by Gasteiger charge is 2.31. The number of benzene rings is 1. The maximum atomic E-state index is 11.3. The van der Waals surface area contributed by atoms with Gasteiger partial charge in [0, 0.05) is 19.5 Å². The molecule has 0 N–H and O–H groups in total. The first kappa shape index (κ1) is 11.9. The van der Waals surface area contributed by atoms with Gasteiger partial charge in [-0.2, -0.15) is 0 Å². The largest absolute Gasteiger partial charge is 0.329 e. The second-order valence-corrected chi connectivity index (χ2v) is 4.64. The smallest absolute Gasteiger partial charge is 0.210 e. The van der Waals surface area contributed by atoms with Gasteiger partial charge < -0.3 is 9.47 Å². The van der Waals surface area contributed by atoms with E-state index in [0.29, 0.717) is 6.54 Å². The molecule has 0 fully saturated rings. The molecule has 0 saturated heterocycles. The molecule has 1 aromatic carbocycles. The van der Waals surface area contributed by atoms with Crippen LogP contribution in [0.3, 0.4) is 0 Å². The molecule has 0 spiro atoms. The van der Waals surface area contributed by atoms with Crippen molar-refractivity contribution in [2.75, 3.05) is 6.54 Å². The zero-order valence-corrected chi connectivity index (χ0v) is 10.9. The number of aryl methyl sites for hydroxylation is 1. The molecule has 1 atom stereocenters. The van der Waals surface area contributed by atoms with E-state index in [1.165, 1.54) is 0 Å². The Bertz CT molecular complexity index is 578. The highest BCUT2D eigenvalue weighted by Crippen LogP contribution is 2.30. The quantitative estimate of drug-likeness (QED) is 0.780. The number of fused-ring (bicyclic) bond motifs is 1. The maximum absolute atomic E-state index is 11.3. The van der Waals surface area contributed by atoms with E-state index in [0.717, 1.165) is 36.6 Å². The lowest BCUT2D eigenvalue weighted by molar-refractivity contribution is -0.120. The maximum Gasteiger partial charge on any atom is 0.210 e. The zero-order valence-electron chi connectivity index (χ0n) is 10.9. The molecule has 2 aromatic rings. The van der Waals surface area contributed by atoms with Crippen molar-refractivity contribution in [3.63, 3.8) is 0 Å². The van der Waals surface area contributed by atoms with E-state index in [9.17, 15) is 4.79 Å². The Morgan fingerprint density at radius 3 is 2.74 bits per heavy atom. The fraction of sp³-hybridized carbons (Fsp3) is 0.357. The Morgan fingerprint density at radius 1 is 1.26 bits per heavy atom. The molecule has 5 heteroatoms. The van der Waals surface area contributed by atoms with E-state index in [4.69, 9.17) is 0 Å². The van der Waals surface area contributed by atoms with Crippen molar-refractivity contribution >= 4 is 6.41 Å². The summed E-state index contributed by atoms with van der Waals surface area (Å²) in [7, 11) is 0. The van der Waals surface area contributed by atoms with Crippen LogP contribution in [0.25, 0.3) is 0 Å². The van der Waals surface area contributed by atoms with Gasteiger partial charge in [0.2, 0.25) is 6.41 Å². The molecule has 98 valence electrons. The molecule has 19 heavy (non-hydrogen) atoms. The summed E-state index contributed by atoms with van der Waals surface area (Å²) >= 11 is 0. The molecule has 0 radical (unpaired) electrons. The van der Waals surface area contributed by atoms with Gasteiger partial charge in [0.25, 0.3) is 0 Å². The minimum absolute atomic E-state index is 0.125. The summed E-state index contributed by atoms with van der Waals surface area (Å²) in [5.74, 6) is 1.85. The minimum Gasteiger partial charge on any atom is -0.329 e. The third kappa shape index (κ3) is 1.91. The number of hydrogen-bond donors (Lipinski definition) is 0. The van der Waals surface area contributed by atoms with Crippen molar-refractivity contribution in [3.05, 3.63) is 47.5 Å². The van der Waals surface area contributed by atoms with Gasteiger partial charge >= 0.3 is 0 Å². The molecule has 1 aliphatic heterocycles. The van der Waals surface area contributed by atoms with E-state index in [-0.39, 0.29) is 6.04 Å². The molecule has 2 heterocycles. The summed E-state index contributed by atoms with van der Waals surface area (Å²) < 4.78 is 2.14. The van der Waals surface area contributed by atoms with Gasteiger partial charge in [-0.1, -0.05) is 37.3 Å². The predicted molar refractivity (Wildman–Crippen MR) is 70.5 cm³/mol. The molecule has 1 unspecified atom stereocenters. The van der Waals surface area contributed by atoms with Crippen LogP contribution in [0.2, 0.25) is 0 Å². The molecule has 3 rings (SSSR count). The Kier molecular flexibility index (Phi) is 3.03. The van der Waals surface area contributed by atoms with Crippen molar-refractivity contribution < 1.29 is 4.79 Å². The van der Waals surface area contributed by atoms with E-state index in [1.54, 1.807) is 4.90 Å². The van der Waals surface area contributed by atoms with Crippen LogP contribution < -0.4 is 0 Å². The Morgan fingerprint density at radius 2 is 2.05 bits per heavy atom. The highest BCUT2D eigenvalue weighted by molar-refractivity contribution is 5.50. The second-order valence-electron chi connectivity index (χ2n) is 4.64. The minimum atomic E-state index is -0.125. The van der Waals surface area contributed by atoms with Gasteiger partial charge in [-0.25, -0.2) is 0 Å². The molecular formula is C14H16N4O. The van der Waals surface area contributed by atoms with Gasteiger partial charge in [0.15, 0.2) is 5.82 Å². The summed E-state index contributed by atoms with van der Waals surface area (Å²) in [5.41, 5.74) is 1.07. The molecule has 0 saturated carbocycles. The molecule has 0 bridgehead atoms. The summed E-state index contributed by atoms with van der Waals surface area (Å²) in [4.78, 5) is 13.1. The van der Waals surface area contributed by atoms with Crippen molar-refractivity contribution in [2.45, 2.75) is 25.9 Å². The average molecular weight is 256 g/mol. The Hall–Kier alpha value is -2.17. The molecule has 1 amide bonds. The fourth-order valence-electron chi connectivity index (χ4n) is 2.64. The highest BCUT2D eigenvalue weighted by atomic mass is 16.1. The van der Waals surface area contributed by atoms with Crippen molar-refractivity contribution in [2.24, 2.45) is 0 Å². The monoisotopic (exact) mass is 256 g/mol. The molecule has 5 nitrogen and oxygen atoms in total. The van der Waals surface area contributed by atoms with Gasteiger partial charge in [0.1, 0.15) is 11.9 Å². The van der Waals surface area contributed by atoms with E-state index < -0.39 is 0 Å². The standard InChI is InChI=1S/C14H16N4O/c1-2-12-15-16-14-13(11-6-4-3-5-7-11)17(10-19)8-9-18(12)14/h3-7,10,13H,2,8-9H2,1H3. The number of carbonyl (C=O) groups is 1. The fourth-order valence-corrected chi connectivity index (χ4v) is 2.64. The normalized spacial score (nSPS) is 18.2. The lowest BCUT2D eigenvalue weighted by Gasteiger charge is -2.33. The second kappa shape index (κ2) is 4.84. The van der Waals surface area contributed by atoms with Gasteiger partial charge in [0.05, 0.1) is 0 Å². The lowest BCUT2D eigenvalue weighted by Crippen LogP contribution is -2.38. The van der Waals surface area contributed by atoms with E-state index in [1.807, 2.05) is 30.3 Å². The van der Waals surface area contributed by atoms with Crippen molar-refractivity contribution in [1.82, 2.24) is 19.7 Å². The zero-order chi connectivity index (χ0) is 13.2. The van der Waals surface area contributed by atoms with Crippen LogP contribution in [0.15, 0.2) is 30.3 Å². The van der Waals surface area contributed by atoms with Crippen LogP contribution in [0.1, 0.15) is 30.2 Å². The van der Waals surface area contributed by atoms with Crippen LogP contribution in [0.5, 0.6) is 0 Å². The molecule has 0 aliphatic carbocycles. The third-order valence-electron chi connectivity index (χ3n) is 3.58. The summed E-state index contributed by atoms with van der Waals surface area (Å²) in [6.45, 7) is 3.54. The Labute approximate surface area is 111 Å². The van der Waals surface area contributed by atoms with Crippen LogP contribution >= 0.6 is 0 Å². The molecule has 1 aromatic heterocycles. The number of rotatable bonds is 3. The van der Waals surface area contributed by atoms with Crippen molar-refractivity contribution in [1.29, 1.82) is 0 Å². The SMILES string of the molecule is CCc1nnc2n1CCN(C=O)C2c1ccccc1. The lowest BCUT2D eigenvalue weighted by atomic mass is 10.0. The first-order chi connectivity index (χ1) is 9.35. The molecule has 1 aliphatic rings. The first-order valence-electron chi connectivity index (χ1n) is 6.53. The summed E-state index contributed by atoms with van der Waals surface area (Å²) in [6.07, 6.45) is 1.76. The van der Waals surface area contributed by atoms with Crippen LogP contribution in [0.4, 0.5) is 0 Å². The van der Waals surface area contributed by atoms with Crippen molar-refractivity contribution in [3.8, 4) is 0 Å². The topological polar surface area (TPSA) is 51.0 Å². The van der Waals surface area contributed by atoms with E-state index in [2.05, 4.69) is 21.7 Å². The first-order valence-corrected chi connectivity index (χ1v) is 6.53. The van der Waals surface area contributed by atoms with E-state index >= 15 is 0 Å². The average Bonchev–Trinajstić information content (AvgIpc) is 2.90. The van der Waals surface area contributed by atoms with Crippen LogP contribution in [-0.2, 0) is 17.8 Å². The number of nitrogens with zero attached hydrogens (tertiary/aromatic N) is 4. The number of amides is 1.